The molecule has 0 atom stereocenters. The second-order valence-electron chi connectivity index (χ2n) is 9.55. The first-order valence-electron chi connectivity index (χ1n) is 9.93. The highest BCUT2D eigenvalue weighted by Crippen LogP contribution is 2.40. The van der Waals surface area contributed by atoms with E-state index in [0.717, 1.165) is 12.1 Å². The molecule has 0 spiro atoms. The molecule has 0 radical (unpaired) electrons. The number of nitriles is 1. The average molecular weight is 437 g/mol. The standard InChI is InChI=1S/C24H27N3O5/c1-23(2,3)17-10-14(11-18(21(17)29)24(4,5)6)9-15(13-25)22(30)26-19-8-7-16(27(31)32)12-20(19)28/h7-12,28-29H,1-6H3,(H,26,30)/b15-9+. The summed E-state index contributed by atoms with van der Waals surface area (Å²) in [5, 5.41) is 43.6. The topological polar surface area (TPSA) is 136 Å². The van der Waals surface area contributed by atoms with Crippen LogP contribution in [0.3, 0.4) is 0 Å². The third-order valence-electron chi connectivity index (χ3n) is 4.86. The van der Waals surface area contributed by atoms with Crippen molar-refractivity contribution in [1.29, 1.82) is 5.26 Å². The van der Waals surface area contributed by atoms with E-state index in [1.165, 1.54) is 12.1 Å². The zero-order valence-electron chi connectivity index (χ0n) is 19.0. The Labute approximate surface area is 187 Å². The van der Waals surface area contributed by atoms with Crippen molar-refractivity contribution in [3.05, 3.63) is 62.7 Å². The van der Waals surface area contributed by atoms with Crippen LogP contribution in [0, 0.1) is 21.4 Å². The molecule has 0 aromatic heterocycles. The van der Waals surface area contributed by atoms with Gasteiger partial charge in [-0.2, -0.15) is 5.26 Å². The number of nitro groups is 1. The number of aromatic hydroxyl groups is 2. The highest BCUT2D eigenvalue weighted by atomic mass is 16.6. The minimum atomic E-state index is -0.778. The molecule has 0 unspecified atom stereocenters. The van der Waals surface area contributed by atoms with Crippen molar-refractivity contribution in [3.63, 3.8) is 0 Å². The molecule has 168 valence electrons. The number of hydrogen-bond donors (Lipinski definition) is 3. The lowest BCUT2D eigenvalue weighted by Gasteiger charge is -2.28. The van der Waals surface area contributed by atoms with Crippen molar-refractivity contribution in [2.45, 2.75) is 52.4 Å². The molecule has 0 aliphatic carbocycles. The van der Waals surface area contributed by atoms with Gasteiger partial charge in [0.25, 0.3) is 11.6 Å². The molecule has 8 nitrogen and oxygen atoms in total. The van der Waals surface area contributed by atoms with E-state index in [0.29, 0.717) is 16.7 Å². The highest BCUT2D eigenvalue weighted by molar-refractivity contribution is 6.10. The maximum Gasteiger partial charge on any atom is 0.273 e. The van der Waals surface area contributed by atoms with Gasteiger partial charge in [0.1, 0.15) is 23.1 Å². The van der Waals surface area contributed by atoms with Gasteiger partial charge in [0, 0.05) is 17.2 Å². The van der Waals surface area contributed by atoms with E-state index in [9.17, 15) is 30.4 Å². The van der Waals surface area contributed by atoms with Crippen molar-refractivity contribution < 1.29 is 19.9 Å². The largest absolute Gasteiger partial charge is 0.507 e. The molecule has 32 heavy (non-hydrogen) atoms. The first kappa shape index (κ1) is 24.4. The summed E-state index contributed by atoms with van der Waals surface area (Å²) in [4.78, 5) is 22.8. The smallest absolute Gasteiger partial charge is 0.273 e. The third kappa shape index (κ3) is 5.43. The zero-order chi connectivity index (χ0) is 24.4. The number of hydrogen-bond acceptors (Lipinski definition) is 6. The molecule has 1 amide bonds. The van der Waals surface area contributed by atoms with Crippen LogP contribution < -0.4 is 5.32 Å². The Morgan fingerprint density at radius 3 is 2.00 bits per heavy atom. The molecule has 0 saturated carbocycles. The number of phenolic OH excluding ortho intramolecular Hbond substituents is 2. The summed E-state index contributed by atoms with van der Waals surface area (Å²) in [7, 11) is 0. The number of non-ortho nitro benzene ring substituents is 1. The molecule has 2 aromatic carbocycles. The molecule has 0 bridgehead atoms. The van der Waals surface area contributed by atoms with Crippen LogP contribution in [0.25, 0.3) is 6.08 Å². The van der Waals surface area contributed by atoms with Gasteiger partial charge < -0.3 is 15.5 Å². The summed E-state index contributed by atoms with van der Waals surface area (Å²) < 4.78 is 0. The van der Waals surface area contributed by atoms with Crippen molar-refractivity contribution in [2.24, 2.45) is 0 Å². The number of nitrogens with one attached hydrogen (secondary N) is 1. The van der Waals surface area contributed by atoms with Gasteiger partial charge in [0.15, 0.2) is 0 Å². The summed E-state index contributed by atoms with van der Waals surface area (Å²) in [6.45, 7) is 11.7. The monoisotopic (exact) mass is 437 g/mol. The van der Waals surface area contributed by atoms with E-state index in [2.05, 4.69) is 5.32 Å². The SMILES string of the molecule is CC(C)(C)c1cc(/C=C(\C#N)C(=O)Nc2ccc([N+](=O)[O-])cc2O)cc(C(C)(C)C)c1O. The van der Waals surface area contributed by atoms with E-state index < -0.39 is 16.6 Å². The summed E-state index contributed by atoms with van der Waals surface area (Å²) in [6, 6.07) is 8.56. The number of phenols is 2. The second-order valence-corrected chi connectivity index (χ2v) is 9.55. The van der Waals surface area contributed by atoms with E-state index in [4.69, 9.17) is 0 Å². The number of nitro benzene ring substituents is 1. The first-order chi connectivity index (χ1) is 14.6. The fraction of sp³-hybridized carbons (Fsp3) is 0.333. The second kappa shape index (κ2) is 8.71. The molecule has 2 rings (SSSR count). The lowest BCUT2D eigenvalue weighted by atomic mass is 9.78. The highest BCUT2D eigenvalue weighted by Gasteiger charge is 2.26. The number of rotatable bonds is 4. The number of anilines is 1. The minimum absolute atomic E-state index is 0.0572. The van der Waals surface area contributed by atoms with Gasteiger partial charge in [-0.25, -0.2) is 0 Å². The Morgan fingerprint density at radius 1 is 1.06 bits per heavy atom. The van der Waals surface area contributed by atoms with Crippen LogP contribution in [0.1, 0.15) is 58.2 Å². The molecular weight excluding hydrogens is 410 g/mol. The van der Waals surface area contributed by atoms with Gasteiger partial charge in [0.05, 0.1) is 16.7 Å². The number of carbonyl (C=O) groups is 1. The predicted molar refractivity (Wildman–Crippen MR) is 122 cm³/mol. The number of nitrogens with zero attached hydrogens (tertiary/aromatic N) is 2. The van der Waals surface area contributed by atoms with Crippen LogP contribution in [0.5, 0.6) is 11.5 Å². The van der Waals surface area contributed by atoms with E-state index in [1.807, 2.05) is 47.6 Å². The Morgan fingerprint density at radius 2 is 1.59 bits per heavy atom. The normalized spacial score (nSPS) is 12.2. The Bertz CT molecular complexity index is 1110. The molecule has 0 heterocycles. The summed E-state index contributed by atoms with van der Waals surface area (Å²) in [6.07, 6.45) is 1.40. The van der Waals surface area contributed by atoms with E-state index >= 15 is 0 Å². The van der Waals surface area contributed by atoms with Crippen LogP contribution in [0.4, 0.5) is 11.4 Å². The first-order valence-corrected chi connectivity index (χ1v) is 9.93. The zero-order valence-corrected chi connectivity index (χ0v) is 19.0. The molecule has 8 heteroatoms. The van der Waals surface area contributed by atoms with Crippen molar-refractivity contribution in [1.82, 2.24) is 0 Å². The van der Waals surface area contributed by atoms with Crippen LogP contribution in [0.15, 0.2) is 35.9 Å². The molecule has 2 aromatic rings. The quantitative estimate of drug-likeness (QED) is 0.199. The minimum Gasteiger partial charge on any atom is -0.507 e. The van der Waals surface area contributed by atoms with E-state index in [-0.39, 0.29) is 33.5 Å². The Hall–Kier alpha value is -3.86. The maximum absolute atomic E-state index is 12.7. The Kier molecular flexibility index (Phi) is 6.64. The predicted octanol–water partition coefficient (Wildman–Crippen LogP) is 5.15. The van der Waals surface area contributed by atoms with Gasteiger partial charge in [-0.1, -0.05) is 41.5 Å². The molecule has 3 N–H and O–H groups in total. The van der Waals surface area contributed by atoms with Gasteiger partial charge in [-0.15, -0.1) is 0 Å². The fourth-order valence-corrected chi connectivity index (χ4v) is 3.13. The summed E-state index contributed by atoms with van der Waals surface area (Å²) in [5.74, 6) is -1.08. The lowest BCUT2D eigenvalue weighted by molar-refractivity contribution is -0.384. The van der Waals surface area contributed by atoms with E-state index in [1.54, 1.807) is 12.1 Å². The van der Waals surface area contributed by atoms with Crippen LogP contribution >= 0.6 is 0 Å². The van der Waals surface area contributed by atoms with Gasteiger partial charge in [0.2, 0.25) is 0 Å². The van der Waals surface area contributed by atoms with Gasteiger partial charge >= 0.3 is 0 Å². The van der Waals surface area contributed by atoms with Gasteiger partial charge in [-0.05, 0) is 40.7 Å². The lowest BCUT2D eigenvalue weighted by Crippen LogP contribution is -2.18. The van der Waals surface area contributed by atoms with Crippen LogP contribution in [0.2, 0.25) is 0 Å². The Balaban J connectivity index is 2.50. The van der Waals surface area contributed by atoms with Crippen LogP contribution in [-0.4, -0.2) is 21.0 Å². The number of amides is 1. The molecule has 0 fully saturated rings. The van der Waals surface area contributed by atoms with Crippen molar-refractivity contribution in [3.8, 4) is 17.6 Å². The fourth-order valence-electron chi connectivity index (χ4n) is 3.13. The number of carbonyl (C=O) groups excluding carboxylic acids is 1. The van der Waals surface area contributed by atoms with Crippen molar-refractivity contribution >= 4 is 23.4 Å². The summed E-state index contributed by atoms with van der Waals surface area (Å²) >= 11 is 0. The average Bonchev–Trinajstić information content (AvgIpc) is 2.66. The van der Waals surface area contributed by atoms with Gasteiger partial charge in [-0.3, -0.25) is 14.9 Å². The molecular formula is C24H27N3O5. The van der Waals surface area contributed by atoms with Crippen molar-refractivity contribution in [2.75, 3.05) is 5.32 Å². The third-order valence-corrected chi connectivity index (χ3v) is 4.86. The molecule has 0 aliphatic rings. The maximum atomic E-state index is 12.7. The number of benzene rings is 2. The van der Waals surface area contributed by atoms with Crippen LogP contribution in [-0.2, 0) is 15.6 Å². The summed E-state index contributed by atoms with van der Waals surface area (Å²) in [5.41, 5.74) is 0.554. The molecule has 0 aliphatic heterocycles. The molecule has 0 saturated heterocycles.